The SMILES string of the molecule is CSCCCCCCNC(=O)C(=O)NN. The van der Waals surface area contributed by atoms with Gasteiger partial charge in [0.05, 0.1) is 0 Å². The summed E-state index contributed by atoms with van der Waals surface area (Å²) in [7, 11) is 0. The lowest BCUT2D eigenvalue weighted by molar-refractivity contribution is -0.139. The summed E-state index contributed by atoms with van der Waals surface area (Å²) in [4.78, 5) is 21.6. The van der Waals surface area contributed by atoms with Gasteiger partial charge in [-0.1, -0.05) is 12.8 Å². The minimum absolute atomic E-state index is 0.533. The van der Waals surface area contributed by atoms with Crippen LogP contribution in [0.5, 0.6) is 0 Å². The molecule has 0 spiro atoms. The first kappa shape index (κ1) is 14.2. The third-order valence-electron chi connectivity index (χ3n) is 1.90. The van der Waals surface area contributed by atoms with E-state index in [0.717, 1.165) is 12.8 Å². The van der Waals surface area contributed by atoms with E-state index in [9.17, 15) is 9.59 Å². The lowest BCUT2D eigenvalue weighted by atomic mass is 10.2. The van der Waals surface area contributed by atoms with Crippen LogP contribution in [0.15, 0.2) is 0 Å². The van der Waals surface area contributed by atoms with Crippen LogP contribution in [-0.2, 0) is 9.59 Å². The lowest BCUT2D eigenvalue weighted by Crippen LogP contribution is -2.43. The van der Waals surface area contributed by atoms with Gasteiger partial charge in [0, 0.05) is 6.54 Å². The zero-order valence-corrected chi connectivity index (χ0v) is 9.86. The van der Waals surface area contributed by atoms with Crippen molar-refractivity contribution >= 4 is 23.6 Å². The molecule has 2 amide bonds. The highest BCUT2D eigenvalue weighted by Crippen LogP contribution is 2.03. The van der Waals surface area contributed by atoms with Crippen LogP contribution in [0.3, 0.4) is 0 Å². The maximum atomic E-state index is 10.9. The van der Waals surface area contributed by atoms with Crippen LogP contribution >= 0.6 is 11.8 Å². The van der Waals surface area contributed by atoms with Crippen LogP contribution in [0.1, 0.15) is 25.7 Å². The van der Waals surface area contributed by atoms with Crippen LogP contribution in [0.2, 0.25) is 0 Å². The van der Waals surface area contributed by atoms with Gasteiger partial charge >= 0.3 is 11.8 Å². The number of hydrogen-bond acceptors (Lipinski definition) is 4. The fraction of sp³-hybridized carbons (Fsp3) is 0.778. The Kier molecular flexibility index (Phi) is 9.30. The largest absolute Gasteiger partial charge is 0.348 e. The molecular weight excluding hydrogens is 214 g/mol. The molecule has 0 saturated carbocycles. The van der Waals surface area contributed by atoms with Crippen molar-refractivity contribution in [3.8, 4) is 0 Å². The molecule has 88 valence electrons. The van der Waals surface area contributed by atoms with Crippen molar-refractivity contribution in [2.45, 2.75) is 25.7 Å². The molecule has 0 fully saturated rings. The molecule has 0 aromatic rings. The van der Waals surface area contributed by atoms with Crippen LogP contribution in [0.25, 0.3) is 0 Å². The molecular formula is C9H19N3O2S. The average molecular weight is 233 g/mol. The van der Waals surface area contributed by atoms with Gasteiger partial charge in [0.2, 0.25) is 0 Å². The summed E-state index contributed by atoms with van der Waals surface area (Å²) in [6.45, 7) is 0.533. The van der Waals surface area contributed by atoms with E-state index in [4.69, 9.17) is 5.84 Å². The quantitative estimate of drug-likeness (QED) is 0.190. The zero-order valence-electron chi connectivity index (χ0n) is 9.04. The minimum Gasteiger partial charge on any atom is -0.348 e. The number of carbonyl (C=O) groups excluding carboxylic acids is 2. The molecule has 5 nitrogen and oxygen atoms in total. The van der Waals surface area contributed by atoms with E-state index >= 15 is 0 Å². The number of hydrogen-bond donors (Lipinski definition) is 3. The molecule has 0 aliphatic rings. The first-order chi connectivity index (χ1) is 7.22. The molecule has 0 saturated heterocycles. The smallest absolute Gasteiger partial charge is 0.323 e. The highest BCUT2D eigenvalue weighted by Gasteiger charge is 2.09. The molecule has 0 unspecified atom stereocenters. The summed E-state index contributed by atoms with van der Waals surface area (Å²) >= 11 is 1.84. The maximum Gasteiger partial charge on any atom is 0.323 e. The highest BCUT2D eigenvalue weighted by molar-refractivity contribution is 7.98. The number of thioether (sulfide) groups is 1. The molecule has 0 rings (SSSR count). The predicted octanol–water partition coefficient (Wildman–Crippen LogP) is 0.0159. The number of nitrogens with two attached hydrogens (primary N) is 1. The van der Waals surface area contributed by atoms with Gasteiger partial charge in [-0.25, -0.2) is 5.84 Å². The van der Waals surface area contributed by atoms with Crippen molar-refractivity contribution in [1.29, 1.82) is 0 Å². The van der Waals surface area contributed by atoms with Crippen molar-refractivity contribution in [3.63, 3.8) is 0 Å². The van der Waals surface area contributed by atoms with E-state index in [2.05, 4.69) is 11.6 Å². The third kappa shape index (κ3) is 8.26. The Hall–Kier alpha value is -0.750. The molecule has 15 heavy (non-hydrogen) atoms. The summed E-state index contributed by atoms with van der Waals surface area (Å²) < 4.78 is 0. The third-order valence-corrected chi connectivity index (χ3v) is 2.60. The molecule has 0 aromatic heterocycles. The van der Waals surface area contributed by atoms with Gasteiger partial charge in [-0.15, -0.1) is 0 Å². The lowest BCUT2D eigenvalue weighted by Gasteiger charge is -2.03. The van der Waals surface area contributed by atoms with E-state index in [1.165, 1.54) is 18.6 Å². The number of amides is 2. The van der Waals surface area contributed by atoms with E-state index in [1.54, 1.807) is 5.43 Å². The summed E-state index contributed by atoms with van der Waals surface area (Å²) in [5.74, 6) is 4.52. The predicted molar refractivity (Wildman–Crippen MR) is 62.2 cm³/mol. The first-order valence-corrected chi connectivity index (χ1v) is 6.39. The molecule has 0 aromatic carbocycles. The van der Waals surface area contributed by atoms with Crippen molar-refractivity contribution in [2.24, 2.45) is 5.84 Å². The van der Waals surface area contributed by atoms with Gasteiger partial charge in [-0.05, 0) is 24.9 Å². The topological polar surface area (TPSA) is 84.2 Å². The monoisotopic (exact) mass is 233 g/mol. The number of carbonyl (C=O) groups is 2. The van der Waals surface area contributed by atoms with Crippen LogP contribution in [0, 0.1) is 0 Å². The van der Waals surface area contributed by atoms with Gasteiger partial charge in [-0.2, -0.15) is 11.8 Å². The van der Waals surface area contributed by atoms with Crippen LogP contribution in [0.4, 0.5) is 0 Å². The van der Waals surface area contributed by atoms with Crippen molar-refractivity contribution in [2.75, 3.05) is 18.6 Å². The summed E-state index contributed by atoms with van der Waals surface area (Å²) in [5.41, 5.74) is 1.78. The molecule has 6 heteroatoms. The molecule has 4 N–H and O–H groups in total. The average Bonchev–Trinajstić information content (AvgIpc) is 2.26. The molecule has 0 aliphatic heterocycles. The fourth-order valence-electron chi connectivity index (χ4n) is 1.07. The summed E-state index contributed by atoms with van der Waals surface area (Å²) in [6, 6.07) is 0. The second kappa shape index (κ2) is 9.79. The summed E-state index contributed by atoms with van der Waals surface area (Å²) in [5, 5.41) is 2.49. The maximum absolute atomic E-state index is 10.9. The Morgan fingerprint density at radius 2 is 1.80 bits per heavy atom. The van der Waals surface area contributed by atoms with Gasteiger partial charge in [-0.3, -0.25) is 15.0 Å². The number of nitrogens with one attached hydrogen (secondary N) is 2. The molecule has 0 atom stereocenters. The van der Waals surface area contributed by atoms with Gasteiger partial charge in [0.1, 0.15) is 0 Å². The molecule has 0 aliphatic carbocycles. The molecule has 0 radical (unpaired) electrons. The van der Waals surface area contributed by atoms with E-state index in [-0.39, 0.29) is 0 Å². The standard InChI is InChI=1S/C9H19N3O2S/c1-15-7-5-3-2-4-6-11-8(13)9(14)12-10/h2-7,10H2,1H3,(H,11,13)(H,12,14). The van der Waals surface area contributed by atoms with Gasteiger partial charge < -0.3 is 5.32 Å². The minimum atomic E-state index is -0.794. The van der Waals surface area contributed by atoms with Gasteiger partial charge in [0.15, 0.2) is 0 Å². The second-order valence-electron chi connectivity index (χ2n) is 3.14. The summed E-state index contributed by atoms with van der Waals surface area (Å²) in [6.07, 6.45) is 6.44. The van der Waals surface area contributed by atoms with E-state index < -0.39 is 11.8 Å². The Labute approximate surface area is 94.5 Å². The molecule has 0 heterocycles. The number of unbranched alkanes of at least 4 members (excludes halogenated alkanes) is 3. The first-order valence-electron chi connectivity index (χ1n) is 5.00. The number of hydrazine groups is 1. The Balaban J connectivity index is 3.24. The Bertz CT molecular complexity index is 200. The van der Waals surface area contributed by atoms with E-state index in [0.29, 0.717) is 6.54 Å². The van der Waals surface area contributed by atoms with Crippen molar-refractivity contribution in [3.05, 3.63) is 0 Å². The van der Waals surface area contributed by atoms with Gasteiger partial charge in [0.25, 0.3) is 0 Å². The van der Waals surface area contributed by atoms with Crippen LogP contribution in [-0.4, -0.2) is 30.4 Å². The second-order valence-corrected chi connectivity index (χ2v) is 4.12. The Morgan fingerprint density at radius 3 is 2.40 bits per heavy atom. The fourth-order valence-corrected chi connectivity index (χ4v) is 1.57. The van der Waals surface area contributed by atoms with E-state index in [1.807, 2.05) is 11.8 Å². The van der Waals surface area contributed by atoms with Crippen molar-refractivity contribution < 1.29 is 9.59 Å². The normalized spacial score (nSPS) is 9.73. The highest BCUT2D eigenvalue weighted by atomic mass is 32.2. The Morgan fingerprint density at radius 1 is 1.13 bits per heavy atom. The van der Waals surface area contributed by atoms with Crippen LogP contribution < -0.4 is 16.6 Å². The zero-order chi connectivity index (χ0) is 11.5. The molecule has 0 bridgehead atoms. The number of rotatable bonds is 7. The van der Waals surface area contributed by atoms with Crippen molar-refractivity contribution in [1.82, 2.24) is 10.7 Å².